The Morgan fingerprint density at radius 2 is 1.89 bits per heavy atom. The van der Waals surface area contributed by atoms with Crippen molar-refractivity contribution in [1.82, 2.24) is 14.9 Å². The molecule has 0 spiro atoms. The van der Waals surface area contributed by atoms with E-state index in [1.54, 1.807) is 0 Å². The van der Waals surface area contributed by atoms with Crippen LogP contribution in [-0.2, 0) is 16.4 Å². The number of nitrogens with one attached hydrogen (secondary N) is 1. The zero-order valence-corrected chi connectivity index (χ0v) is 14.5. The Morgan fingerprint density at radius 3 is 2.59 bits per heavy atom. The Morgan fingerprint density at radius 1 is 1.15 bits per heavy atom. The maximum absolute atomic E-state index is 12.9. The molecule has 9 nitrogen and oxygen atoms in total. The first-order chi connectivity index (χ1) is 12.8. The van der Waals surface area contributed by atoms with Crippen molar-refractivity contribution in [3.8, 4) is 11.5 Å². The van der Waals surface area contributed by atoms with E-state index in [1.807, 2.05) is 0 Å². The van der Waals surface area contributed by atoms with Crippen LogP contribution in [0.2, 0.25) is 0 Å². The molecule has 0 aliphatic rings. The predicted octanol–water partition coefficient (Wildman–Crippen LogP) is 2.30. The molecule has 2 aromatic carbocycles. The minimum Gasteiger partial charge on any atom is -0.421 e. The topological polar surface area (TPSA) is 128 Å². The molecule has 1 heterocycles. The van der Waals surface area contributed by atoms with Gasteiger partial charge < -0.3 is 4.42 Å². The molecule has 27 heavy (non-hydrogen) atoms. The lowest BCUT2D eigenvalue weighted by atomic mass is 10.2. The Kier molecular flexibility index (Phi) is 5.23. The molecular formula is C16H13FN4O5S. The molecule has 1 aromatic heterocycles. The largest absolute Gasteiger partial charge is 0.421 e. The maximum Gasteiger partial charge on any atom is 0.270 e. The van der Waals surface area contributed by atoms with Crippen molar-refractivity contribution >= 4 is 15.7 Å². The van der Waals surface area contributed by atoms with Crippen molar-refractivity contribution in [2.45, 2.75) is 11.3 Å². The lowest BCUT2D eigenvalue weighted by Gasteiger charge is -2.05. The van der Waals surface area contributed by atoms with Gasteiger partial charge in [-0.25, -0.2) is 17.5 Å². The smallest absolute Gasteiger partial charge is 0.270 e. The molecule has 3 rings (SSSR count). The first-order valence-electron chi connectivity index (χ1n) is 7.67. The van der Waals surface area contributed by atoms with Crippen LogP contribution in [0, 0.1) is 15.9 Å². The molecule has 0 fully saturated rings. The van der Waals surface area contributed by atoms with Gasteiger partial charge >= 0.3 is 0 Å². The number of nitro groups is 1. The Balaban J connectivity index is 1.63. The van der Waals surface area contributed by atoms with E-state index in [-0.39, 0.29) is 35.3 Å². The number of sulfonamides is 1. The minimum atomic E-state index is -3.92. The van der Waals surface area contributed by atoms with Crippen LogP contribution in [0.15, 0.2) is 57.8 Å². The van der Waals surface area contributed by atoms with Crippen LogP contribution in [0.4, 0.5) is 10.1 Å². The molecule has 0 aliphatic carbocycles. The average molecular weight is 392 g/mol. The summed E-state index contributed by atoms with van der Waals surface area (Å²) in [6, 6.07) is 10.2. The van der Waals surface area contributed by atoms with E-state index in [4.69, 9.17) is 4.42 Å². The molecule has 0 saturated heterocycles. The van der Waals surface area contributed by atoms with Gasteiger partial charge in [-0.05, 0) is 30.3 Å². The maximum atomic E-state index is 12.9. The molecule has 3 aromatic rings. The SMILES string of the molecule is O=[N+]([O-])c1cccc(S(=O)(=O)NCCc2nnc(-c3ccc(F)cc3)o2)c1. The molecule has 0 unspecified atom stereocenters. The van der Waals surface area contributed by atoms with E-state index in [2.05, 4.69) is 14.9 Å². The number of nitro benzene ring substituents is 1. The number of nitrogens with zero attached hydrogens (tertiary/aromatic N) is 3. The van der Waals surface area contributed by atoms with Crippen molar-refractivity contribution in [3.05, 3.63) is 70.4 Å². The van der Waals surface area contributed by atoms with Gasteiger partial charge in [0.05, 0.1) is 9.82 Å². The molecule has 0 bridgehead atoms. The first-order valence-corrected chi connectivity index (χ1v) is 9.16. The van der Waals surface area contributed by atoms with Gasteiger partial charge in [0.1, 0.15) is 5.82 Å². The molecule has 0 radical (unpaired) electrons. The predicted molar refractivity (Wildman–Crippen MR) is 91.7 cm³/mol. The van der Waals surface area contributed by atoms with Gasteiger partial charge in [-0.15, -0.1) is 10.2 Å². The third-order valence-electron chi connectivity index (χ3n) is 3.53. The van der Waals surface area contributed by atoms with E-state index in [0.717, 1.165) is 6.07 Å². The summed E-state index contributed by atoms with van der Waals surface area (Å²) in [5.41, 5.74) is 0.214. The Labute approximate surface area is 153 Å². The van der Waals surface area contributed by atoms with E-state index < -0.39 is 20.8 Å². The molecule has 1 N–H and O–H groups in total. The lowest BCUT2D eigenvalue weighted by Crippen LogP contribution is -2.26. The second-order valence-corrected chi connectivity index (χ2v) is 7.18. The Hall–Kier alpha value is -3.18. The fourth-order valence-corrected chi connectivity index (χ4v) is 3.27. The first kappa shape index (κ1) is 18.6. The van der Waals surface area contributed by atoms with Gasteiger partial charge in [0.25, 0.3) is 5.69 Å². The van der Waals surface area contributed by atoms with E-state index >= 15 is 0 Å². The average Bonchev–Trinajstić information content (AvgIpc) is 3.11. The standard InChI is InChI=1S/C16H13FN4O5S/c17-12-6-4-11(5-7-12)16-20-19-15(26-16)8-9-18-27(24,25)14-3-1-2-13(10-14)21(22)23/h1-7,10,18H,8-9H2. The number of benzene rings is 2. The zero-order valence-electron chi connectivity index (χ0n) is 13.7. The quantitative estimate of drug-likeness (QED) is 0.482. The molecule has 11 heteroatoms. The summed E-state index contributed by atoms with van der Waals surface area (Å²) < 4.78 is 45.1. The highest BCUT2D eigenvalue weighted by molar-refractivity contribution is 7.89. The number of halogens is 1. The zero-order chi connectivity index (χ0) is 19.4. The van der Waals surface area contributed by atoms with Crippen molar-refractivity contribution in [2.75, 3.05) is 6.54 Å². The van der Waals surface area contributed by atoms with Gasteiger partial charge in [0, 0.05) is 30.7 Å². The highest BCUT2D eigenvalue weighted by atomic mass is 32.2. The van der Waals surface area contributed by atoms with Gasteiger partial charge in [0.15, 0.2) is 0 Å². The highest BCUT2D eigenvalue weighted by Crippen LogP contribution is 2.19. The summed E-state index contributed by atoms with van der Waals surface area (Å²) in [5, 5.41) is 18.4. The van der Waals surface area contributed by atoms with Gasteiger partial charge in [-0.3, -0.25) is 10.1 Å². The normalized spacial score (nSPS) is 11.4. The molecule has 0 aliphatic heterocycles. The van der Waals surface area contributed by atoms with Crippen molar-refractivity contribution in [2.24, 2.45) is 0 Å². The van der Waals surface area contributed by atoms with Gasteiger partial charge in [-0.1, -0.05) is 6.07 Å². The number of aromatic nitrogens is 2. The second-order valence-electron chi connectivity index (χ2n) is 5.41. The van der Waals surface area contributed by atoms with Crippen molar-refractivity contribution in [3.63, 3.8) is 0 Å². The third kappa shape index (κ3) is 4.51. The summed E-state index contributed by atoms with van der Waals surface area (Å²) in [5.74, 6) is -0.0170. The Bertz CT molecular complexity index is 1070. The summed E-state index contributed by atoms with van der Waals surface area (Å²) in [7, 11) is -3.92. The van der Waals surface area contributed by atoms with Crippen LogP contribution in [0.25, 0.3) is 11.5 Å². The minimum absolute atomic E-state index is 0.0456. The third-order valence-corrected chi connectivity index (χ3v) is 4.99. The molecule has 0 amide bonds. The van der Waals surface area contributed by atoms with E-state index in [0.29, 0.717) is 5.56 Å². The van der Waals surface area contributed by atoms with Gasteiger partial charge in [0.2, 0.25) is 21.8 Å². The summed E-state index contributed by atoms with van der Waals surface area (Å²) in [6.07, 6.45) is 0.113. The molecule has 0 atom stereocenters. The van der Waals surface area contributed by atoms with Crippen LogP contribution in [0.1, 0.15) is 5.89 Å². The van der Waals surface area contributed by atoms with Crippen LogP contribution < -0.4 is 4.72 Å². The molecular weight excluding hydrogens is 379 g/mol. The van der Waals surface area contributed by atoms with Crippen molar-refractivity contribution < 1.29 is 22.1 Å². The van der Waals surface area contributed by atoms with E-state index in [1.165, 1.54) is 42.5 Å². The molecule has 140 valence electrons. The fraction of sp³-hybridized carbons (Fsp3) is 0.125. The summed E-state index contributed by atoms with van der Waals surface area (Å²) in [6.45, 7) is -0.0456. The van der Waals surface area contributed by atoms with Crippen LogP contribution in [0.5, 0.6) is 0 Å². The van der Waals surface area contributed by atoms with Crippen molar-refractivity contribution in [1.29, 1.82) is 0 Å². The van der Waals surface area contributed by atoms with Gasteiger partial charge in [-0.2, -0.15) is 0 Å². The number of hydrogen-bond donors (Lipinski definition) is 1. The fourth-order valence-electron chi connectivity index (χ4n) is 2.20. The number of rotatable bonds is 7. The number of non-ortho nitro benzene ring substituents is 1. The highest BCUT2D eigenvalue weighted by Gasteiger charge is 2.18. The second kappa shape index (κ2) is 7.60. The monoisotopic (exact) mass is 392 g/mol. The summed E-state index contributed by atoms with van der Waals surface area (Å²) >= 11 is 0. The molecule has 0 saturated carbocycles. The number of hydrogen-bond acceptors (Lipinski definition) is 7. The summed E-state index contributed by atoms with van der Waals surface area (Å²) in [4.78, 5) is 9.87. The van der Waals surface area contributed by atoms with E-state index in [9.17, 15) is 22.9 Å². The van der Waals surface area contributed by atoms with Crippen LogP contribution in [-0.4, -0.2) is 30.1 Å². The lowest BCUT2D eigenvalue weighted by molar-refractivity contribution is -0.385. The van der Waals surface area contributed by atoms with Crippen LogP contribution >= 0.6 is 0 Å². The van der Waals surface area contributed by atoms with Crippen LogP contribution in [0.3, 0.4) is 0 Å².